The quantitative estimate of drug-likeness (QED) is 0.457. The van der Waals surface area contributed by atoms with Gasteiger partial charge in [0.05, 0.1) is 16.7 Å². The Balaban J connectivity index is 1.54. The van der Waals surface area contributed by atoms with Gasteiger partial charge in [-0.05, 0) is 56.7 Å². The topological polar surface area (TPSA) is 105 Å². The van der Waals surface area contributed by atoms with Gasteiger partial charge in [0.25, 0.3) is 17.7 Å². The van der Waals surface area contributed by atoms with E-state index in [4.69, 9.17) is 4.74 Å². The summed E-state index contributed by atoms with van der Waals surface area (Å²) in [7, 11) is 1.61. The number of fused-ring (bicyclic) bond motifs is 2. The summed E-state index contributed by atoms with van der Waals surface area (Å²) < 4.78 is 5.03. The van der Waals surface area contributed by atoms with Crippen LogP contribution in [-0.2, 0) is 22.4 Å². The SMILES string of the molecule is COCCCNC(=O)c1c(NC(=O)C(C)N2C(=O)c3ccccc3C2=O)sc2c1CCCC2. The predicted octanol–water partition coefficient (Wildman–Crippen LogP) is 3.02. The number of hydrogen-bond acceptors (Lipinski definition) is 6. The van der Waals surface area contributed by atoms with E-state index in [0.29, 0.717) is 41.3 Å². The fraction of sp³-hybridized carbons (Fsp3) is 0.417. The van der Waals surface area contributed by atoms with Crippen LogP contribution in [0.15, 0.2) is 24.3 Å². The van der Waals surface area contributed by atoms with Gasteiger partial charge in [-0.25, -0.2) is 0 Å². The minimum Gasteiger partial charge on any atom is -0.385 e. The van der Waals surface area contributed by atoms with Gasteiger partial charge >= 0.3 is 0 Å². The first-order valence-electron chi connectivity index (χ1n) is 11.1. The van der Waals surface area contributed by atoms with E-state index in [2.05, 4.69) is 10.6 Å². The summed E-state index contributed by atoms with van der Waals surface area (Å²) in [5, 5.41) is 6.23. The summed E-state index contributed by atoms with van der Waals surface area (Å²) >= 11 is 1.41. The number of nitrogens with one attached hydrogen (secondary N) is 2. The summed E-state index contributed by atoms with van der Waals surface area (Å²) in [6.45, 7) is 2.54. The van der Waals surface area contributed by atoms with Crippen molar-refractivity contribution in [1.82, 2.24) is 10.2 Å². The molecule has 0 saturated carbocycles. The molecule has 33 heavy (non-hydrogen) atoms. The van der Waals surface area contributed by atoms with Gasteiger partial charge in [-0.3, -0.25) is 24.1 Å². The maximum absolute atomic E-state index is 13.1. The molecule has 1 unspecified atom stereocenters. The molecule has 0 fully saturated rings. The van der Waals surface area contributed by atoms with Gasteiger partial charge < -0.3 is 15.4 Å². The Kier molecular flexibility index (Phi) is 6.90. The normalized spacial score (nSPS) is 15.8. The number of imide groups is 1. The van der Waals surface area contributed by atoms with Gasteiger partial charge in [0.2, 0.25) is 5.91 Å². The van der Waals surface area contributed by atoms with Crippen LogP contribution in [0.5, 0.6) is 0 Å². The van der Waals surface area contributed by atoms with Crippen molar-refractivity contribution in [3.8, 4) is 0 Å². The number of methoxy groups -OCH3 is 1. The summed E-state index contributed by atoms with van der Waals surface area (Å²) in [6.07, 6.45) is 4.38. The number of amides is 4. The molecule has 1 aromatic heterocycles. The molecule has 0 bridgehead atoms. The molecular weight excluding hydrogens is 442 g/mol. The molecule has 2 heterocycles. The van der Waals surface area contributed by atoms with Crippen LogP contribution in [0.3, 0.4) is 0 Å². The highest BCUT2D eigenvalue weighted by Gasteiger charge is 2.41. The van der Waals surface area contributed by atoms with E-state index in [0.717, 1.165) is 41.0 Å². The predicted molar refractivity (Wildman–Crippen MR) is 125 cm³/mol. The third-order valence-corrected chi connectivity index (χ3v) is 7.25. The van der Waals surface area contributed by atoms with Crippen LogP contribution < -0.4 is 10.6 Å². The number of rotatable bonds is 8. The largest absolute Gasteiger partial charge is 0.385 e. The zero-order valence-electron chi connectivity index (χ0n) is 18.7. The van der Waals surface area contributed by atoms with Crippen LogP contribution in [0, 0.1) is 0 Å². The Labute approximate surface area is 196 Å². The van der Waals surface area contributed by atoms with E-state index in [9.17, 15) is 19.2 Å². The molecule has 1 atom stereocenters. The van der Waals surface area contributed by atoms with Crippen LogP contribution in [0.1, 0.15) is 67.7 Å². The number of benzene rings is 1. The number of anilines is 1. The van der Waals surface area contributed by atoms with Gasteiger partial charge in [0.1, 0.15) is 11.0 Å². The number of hydrogen-bond donors (Lipinski definition) is 2. The molecule has 2 N–H and O–H groups in total. The average Bonchev–Trinajstić information content (AvgIpc) is 3.30. The lowest BCUT2D eigenvalue weighted by Crippen LogP contribution is -2.45. The van der Waals surface area contributed by atoms with Crippen molar-refractivity contribution in [3.05, 3.63) is 51.4 Å². The Bertz CT molecular complexity index is 1070. The van der Waals surface area contributed by atoms with E-state index >= 15 is 0 Å². The molecule has 1 aliphatic heterocycles. The second kappa shape index (κ2) is 9.84. The first-order chi connectivity index (χ1) is 15.9. The van der Waals surface area contributed by atoms with Gasteiger partial charge in [0.15, 0.2) is 0 Å². The van der Waals surface area contributed by atoms with Crippen LogP contribution in [0.4, 0.5) is 5.00 Å². The van der Waals surface area contributed by atoms with Gasteiger partial charge in [0, 0.05) is 25.1 Å². The van der Waals surface area contributed by atoms with E-state index in [-0.39, 0.29) is 5.91 Å². The third kappa shape index (κ3) is 4.43. The van der Waals surface area contributed by atoms with Crippen molar-refractivity contribution in [2.24, 2.45) is 0 Å². The molecule has 1 aromatic carbocycles. The summed E-state index contributed by atoms with van der Waals surface area (Å²) in [6, 6.07) is 5.52. The summed E-state index contributed by atoms with van der Waals surface area (Å²) in [4.78, 5) is 53.8. The average molecular weight is 470 g/mol. The first-order valence-corrected chi connectivity index (χ1v) is 11.9. The number of ether oxygens (including phenoxy) is 1. The monoisotopic (exact) mass is 469 g/mol. The van der Waals surface area contributed by atoms with Crippen molar-refractivity contribution in [1.29, 1.82) is 0 Å². The smallest absolute Gasteiger partial charge is 0.262 e. The molecular formula is C24H27N3O5S. The lowest BCUT2D eigenvalue weighted by atomic mass is 9.95. The molecule has 174 valence electrons. The molecule has 0 saturated heterocycles. The van der Waals surface area contributed by atoms with Crippen molar-refractivity contribution < 1.29 is 23.9 Å². The number of nitrogens with zero attached hydrogens (tertiary/aromatic N) is 1. The Morgan fingerprint density at radius 1 is 1.12 bits per heavy atom. The minimum atomic E-state index is -1.02. The second-order valence-corrected chi connectivity index (χ2v) is 9.31. The maximum atomic E-state index is 13.1. The van der Waals surface area contributed by atoms with Crippen molar-refractivity contribution >= 4 is 40.0 Å². The number of aryl methyl sites for hydroxylation is 1. The highest BCUT2D eigenvalue weighted by molar-refractivity contribution is 7.17. The molecule has 4 rings (SSSR count). The van der Waals surface area contributed by atoms with E-state index in [1.165, 1.54) is 18.3 Å². The number of carbonyl (C=O) groups excluding carboxylic acids is 4. The lowest BCUT2D eigenvalue weighted by Gasteiger charge is -2.21. The minimum absolute atomic E-state index is 0.228. The zero-order chi connectivity index (χ0) is 23.5. The highest BCUT2D eigenvalue weighted by Crippen LogP contribution is 2.38. The van der Waals surface area contributed by atoms with Crippen molar-refractivity contribution in [3.63, 3.8) is 0 Å². The van der Waals surface area contributed by atoms with Crippen LogP contribution >= 0.6 is 11.3 Å². The van der Waals surface area contributed by atoms with Gasteiger partial charge in [-0.15, -0.1) is 11.3 Å². The molecule has 9 heteroatoms. The Hall–Kier alpha value is -3.04. The van der Waals surface area contributed by atoms with E-state index in [1.807, 2.05) is 0 Å². The highest BCUT2D eigenvalue weighted by atomic mass is 32.1. The lowest BCUT2D eigenvalue weighted by molar-refractivity contribution is -0.119. The van der Waals surface area contributed by atoms with E-state index in [1.54, 1.807) is 31.4 Å². The Morgan fingerprint density at radius 2 is 1.79 bits per heavy atom. The molecule has 8 nitrogen and oxygen atoms in total. The molecule has 1 aliphatic carbocycles. The number of thiophene rings is 1. The fourth-order valence-corrected chi connectivity index (χ4v) is 5.58. The Morgan fingerprint density at radius 3 is 2.45 bits per heavy atom. The molecule has 0 radical (unpaired) electrons. The van der Waals surface area contributed by atoms with Crippen LogP contribution in [0.2, 0.25) is 0 Å². The van der Waals surface area contributed by atoms with E-state index < -0.39 is 23.8 Å². The summed E-state index contributed by atoms with van der Waals surface area (Å²) in [5.74, 6) is -1.70. The van der Waals surface area contributed by atoms with Crippen molar-refractivity contribution in [2.75, 3.05) is 25.6 Å². The fourth-order valence-electron chi connectivity index (χ4n) is 4.29. The van der Waals surface area contributed by atoms with Gasteiger partial charge in [-0.1, -0.05) is 12.1 Å². The first kappa shape index (κ1) is 23.1. The zero-order valence-corrected chi connectivity index (χ0v) is 19.5. The second-order valence-electron chi connectivity index (χ2n) is 8.21. The molecule has 2 aliphatic rings. The standard InChI is InChI=1S/C24H27N3O5S/c1-14(27-23(30)15-8-3-4-9-16(15)24(27)31)20(28)26-22-19(21(29)25-12-7-13-32-2)17-10-5-6-11-18(17)33-22/h3-4,8-9,14H,5-7,10-13H2,1-2H3,(H,25,29)(H,26,28). The molecule has 4 amide bonds. The van der Waals surface area contributed by atoms with Crippen LogP contribution in [-0.4, -0.2) is 54.8 Å². The molecule has 0 spiro atoms. The number of carbonyl (C=O) groups is 4. The summed E-state index contributed by atoms with van der Waals surface area (Å²) in [5.41, 5.74) is 2.07. The van der Waals surface area contributed by atoms with Crippen LogP contribution in [0.25, 0.3) is 0 Å². The van der Waals surface area contributed by atoms with Crippen molar-refractivity contribution in [2.45, 2.75) is 45.1 Å². The maximum Gasteiger partial charge on any atom is 0.262 e. The van der Waals surface area contributed by atoms with Gasteiger partial charge in [-0.2, -0.15) is 0 Å². The molecule has 2 aromatic rings. The third-order valence-electron chi connectivity index (χ3n) is 6.04.